The number of hydrogen-bond donors (Lipinski definition) is 1. The molecule has 1 aliphatic rings. The smallest absolute Gasteiger partial charge is 0.251 e. The molecule has 0 atom stereocenters. The zero-order chi connectivity index (χ0) is 13.0. The number of halogens is 1. The molecule has 4 heteroatoms. The standard InChI is InChI=1S/C14H14FNO2/c1-2-7-18-13-6-5-11(8-12(13)15)14(17)16-9-10-3-4-10/h1,5-6,8,10H,3-4,7,9H2,(H,16,17). The summed E-state index contributed by atoms with van der Waals surface area (Å²) in [5.41, 5.74) is 0.293. The van der Waals surface area contributed by atoms with E-state index < -0.39 is 5.82 Å². The topological polar surface area (TPSA) is 38.3 Å². The van der Waals surface area contributed by atoms with Gasteiger partial charge in [-0.25, -0.2) is 4.39 Å². The summed E-state index contributed by atoms with van der Waals surface area (Å²) in [5, 5.41) is 2.77. The fourth-order valence-corrected chi connectivity index (χ4v) is 1.54. The molecule has 18 heavy (non-hydrogen) atoms. The van der Waals surface area contributed by atoms with Gasteiger partial charge < -0.3 is 10.1 Å². The first-order valence-electron chi connectivity index (χ1n) is 5.84. The van der Waals surface area contributed by atoms with Crippen molar-refractivity contribution in [3.05, 3.63) is 29.6 Å². The number of rotatable bonds is 5. The number of hydrogen-bond acceptors (Lipinski definition) is 2. The second kappa shape index (κ2) is 5.54. The van der Waals surface area contributed by atoms with Crippen LogP contribution in [0.2, 0.25) is 0 Å². The van der Waals surface area contributed by atoms with Crippen molar-refractivity contribution in [1.82, 2.24) is 5.32 Å². The molecule has 1 N–H and O–H groups in total. The van der Waals surface area contributed by atoms with E-state index in [0.717, 1.165) is 18.9 Å². The minimum absolute atomic E-state index is 0.00411. The second-order valence-corrected chi connectivity index (χ2v) is 4.29. The summed E-state index contributed by atoms with van der Waals surface area (Å²) in [5.74, 6) is 2.07. The van der Waals surface area contributed by atoms with Crippen LogP contribution in [0.25, 0.3) is 0 Å². The summed E-state index contributed by atoms with van der Waals surface area (Å²) < 4.78 is 18.6. The molecule has 94 valence electrons. The van der Waals surface area contributed by atoms with Gasteiger partial charge in [0, 0.05) is 12.1 Å². The van der Waals surface area contributed by atoms with E-state index in [9.17, 15) is 9.18 Å². The molecule has 0 aromatic heterocycles. The molecule has 3 nitrogen and oxygen atoms in total. The van der Waals surface area contributed by atoms with E-state index in [2.05, 4.69) is 11.2 Å². The van der Waals surface area contributed by atoms with Gasteiger partial charge in [-0.15, -0.1) is 6.42 Å². The van der Waals surface area contributed by atoms with Gasteiger partial charge in [-0.05, 0) is 37.0 Å². The summed E-state index contributed by atoms with van der Waals surface area (Å²) in [6, 6.07) is 4.10. The van der Waals surface area contributed by atoms with Gasteiger partial charge in [0.2, 0.25) is 0 Å². The minimum atomic E-state index is -0.579. The van der Waals surface area contributed by atoms with Crippen LogP contribution >= 0.6 is 0 Å². The molecule has 0 aliphatic heterocycles. The maximum atomic E-state index is 13.6. The summed E-state index contributed by atoms with van der Waals surface area (Å²) in [6.07, 6.45) is 7.34. The van der Waals surface area contributed by atoms with E-state index >= 15 is 0 Å². The summed E-state index contributed by atoms with van der Waals surface area (Å²) >= 11 is 0. The van der Waals surface area contributed by atoms with Crippen LogP contribution in [0.1, 0.15) is 23.2 Å². The Kier molecular flexibility index (Phi) is 3.83. The van der Waals surface area contributed by atoms with Gasteiger partial charge >= 0.3 is 0 Å². The fraction of sp³-hybridized carbons (Fsp3) is 0.357. The molecule has 0 saturated heterocycles. The van der Waals surface area contributed by atoms with Crippen molar-refractivity contribution in [2.24, 2.45) is 5.92 Å². The Labute approximate surface area is 105 Å². The second-order valence-electron chi connectivity index (χ2n) is 4.29. The van der Waals surface area contributed by atoms with Crippen molar-refractivity contribution in [3.8, 4) is 18.1 Å². The molecule has 0 unspecified atom stereocenters. The van der Waals surface area contributed by atoms with E-state index in [1.807, 2.05) is 0 Å². The third-order valence-corrected chi connectivity index (χ3v) is 2.75. The molecule has 1 fully saturated rings. The van der Waals surface area contributed by atoms with Crippen LogP contribution in [0.3, 0.4) is 0 Å². The molecule has 1 aromatic rings. The number of benzene rings is 1. The SMILES string of the molecule is C#CCOc1ccc(C(=O)NCC2CC2)cc1F. The van der Waals surface area contributed by atoms with E-state index in [4.69, 9.17) is 11.2 Å². The van der Waals surface area contributed by atoms with Gasteiger partial charge in [-0.2, -0.15) is 0 Å². The molecule has 1 aliphatic carbocycles. The van der Waals surface area contributed by atoms with Crippen LogP contribution in [-0.4, -0.2) is 19.1 Å². The number of nitrogens with one attached hydrogen (secondary N) is 1. The van der Waals surface area contributed by atoms with Crippen LogP contribution in [0.4, 0.5) is 4.39 Å². The lowest BCUT2D eigenvalue weighted by atomic mass is 10.2. The van der Waals surface area contributed by atoms with Crippen LogP contribution in [0.15, 0.2) is 18.2 Å². The predicted octanol–water partition coefficient (Wildman–Crippen LogP) is 1.98. The highest BCUT2D eigenvalue weighted by atomic mass is 19.1. The highest BCUT2D eigenvalue weighted by molar-refractivity contribution is 5.94. The highest BCUT2D eigenvalue weighted by Gasteiger charge is 2.22. The molecule has 1 aromatic carbocycles. The Hall–Kier alpha value is -2.02. The number of carbonyl (C=O) groups excluding carboxylic acids is 1. The summed E-state index contributed by atoms with van der Waals surface area (Å²) in [7, 11) is 0. The molecule has 0 radical (unpaired) electrons. The van der Waals surface area contributed by atoms with Crippen molar-refractivity contribution in [1.29, 1.82) is 0 Å². The lowest BCUT2D eigenvalue weighted by Crippen LogP contribution is -2.25. The number of carbonyl (C=O) groups is 1. The Morgan fingerprint density at radius 2 is 2.33 bits per heavy atom. The predicted molar refractivity (Wildman–Crippen MR) is 65.8 cm³/mol. The summed E-state index contributed by atoms with van der Waals surface area (Å²) in [6.45, 7) is 0.667. The average molecular weight is 247 g/mol. The first-order chi connectivity index (χ1) is 8.70. The molecule has 0 bridgehead atoms. The molecule has 1 amide bonds. The Balaban J connectivity index is 1.98. The Morgan fingerprint density at radius 3 is 2.94 bits per heavy atom. The maximum Gasteiger partial charge on any atom is 0.251 e. The normalized spacial score (nSPS) is 13.8. The van der Waals surface area contributed by atoms with Gasteiger partial charge in [-0.1, -0.05) is 5.92 Å². The van der Waals surface area contributed by atoms with Gasteiger partial charge in [-0.3, -0.25) is 4.79 Å². The lowest BCUT2D eigenvalue weighted by molar-refractivity contribution is 0.0951. The Morgan fingerprint density at radius 1 is 1.56 bits per heavy atom. The molecule has 0 spiro atoms. The van der Waals surface area contributed by atoms with Crippen molar-refractivity contribution in [2.45, 2.75) is 12.8 Å². The van der Waals surface area contributed by atoms with Crippen molar-refractivity contribution < 1.29 is 13.9 Å². The van der Waals surface area contributed by atoms with Crippen molar-refractivity contribution in [3.63, 3.8) is 0 Å². The van der Waals surface area contributed by atoms with Gasteiger partial charge in [0.05, 0.1) is 0 Å². The average Bonchev–Trinajstić information content (AvgIpc) is 3.18. The van der Waals surface area contributed by atoms with Gasteiger partial charge in [0.25, 0.3) is 5.91 Å². The van der Waals surface area contributed by atoms with E-state index in [0.29, 0.717) is 18.0 Å². The zero-order valence-corrected chi connectivity index (χ0v) is 9.91. The van der Waals surface area contributed by atoms with E-state index in [1.165, 1.54) is 12.1 Å². The van der Waals surface area contributed by atoms with Crippen LogP contribution in [0, 0.1) is 24.1 Å². The largest absolute Gasteiger partial charge is 0.478 e. The highest BCUT2D eigenvalue weighted by Crippen LogP contribution is 2.27. The third-order valence-electron chi connectivity index (χ3n) is 2.75. The monoisotopic (exact) mass is 247 g/mol. The van der Waals surface area contributed by atoms with Crippen molar-refractivity contribution >= 4 is 5.91 Å². The molecule has 2 rings (SSSR count). The number of terminal acetylenes is 1. The van der Waals surface area contributed by atoms with Crippen molar-refractivity contribution in [2.75, 3.05) is 13.2 Å². The van der Waals surface area contributed by atoms with Gasteiger partial charge in [0.15, 0.2) is 11.6 Å². The van der Waals surface area contributed by atoms with Crippen LogP contribution in [0.5, 0.6) is 5.75 Å². The molecular weight excluding hydrogens is 233 g/mol. The first-order valence-corrected chi connectivity index (χ1v) is 5.84. The lowest BCUT2D eigenvalue weighted by Gasteiger charge is -2.07. The van der Waals surface area contributed by atoms with E-state index in [1.54, 1.807) is 0 Å². The number of ether oxygens (including phenoxy) is 1. The Bertz CT molecular complexity index is 489. The quantitative estimate of drug-likeness (QED) is 0.808. The molecular formula is C14H14FNO2. The first kappa shape index (κ1) is 12.4. The fourth-order valence-electron chi connectivity index (χ4n) is 1.54. The molecule has 1 saturated carbocycles. The van der Waals surface area contributed by atoms with Crippen LogP contribution in [-0.2, 0) is 0 Å². The zero-order valence-electron chi connectivity index (χ0n) is 9.91. The van der Waals surface area contributed by atoms with Gasteiger partial charge in [0.1, 0.15) is 6.61 Å². The van der Waals surface area contributed by atoms with Crippen LogP contribution < -0.4 is 10.1 Å². The number of amides is 1. The molecule has 0 heterocycles. The summed E-state index contributed by atoms with van der Waals surface area (Å²) in [4.78, 5) is 11.7. The maximum absolute atomic E-state index is 13.6. The third kappa shape index (κ3) is 3.24. The minimum Gasteiger partial charge on any atom is -0.478 e. The van der Waals surface area contributed by atoms with E-state index in [-0.39, 0.29) is 18.3 Å².